The summed E-state index contributed by atoms with van der Waals surface area (Å²) in [6, 6.07) is 15.4. The molecule has 0 bridgehead atoms. The quantitative estimate of drug-likeness (QED) is 0.347. The molecule has 0 radical (unpaired) electrons. The summed E-state index contributed by atoms with van der Waals surface area (Å²) < 4.78 is 11.6. The van der Waals surface area contributed by atoms with Crippen molar-refractivity contribution < 1.29 is 19.4 Å². The first-order chi connectivity index (χ1) is 14.9. The van der Waals surface area contributed by atoms with Crippen molar-refractivity contribution in [3.8, 4) is 11.5 Å². The van der Waals surface area contributed by atoms with Gasteiger partial charge in [-0.1, -0.05) is 46.9 Å². The van der Waals surface area contributed by atoms with Crippen LogP contribution in [0.4, 0.5) is 5.69 Å². The number of aromatic carboxylic acids is 1. The van der Waals surface area contributed by atoms with Crippen molar-refractivity contribution in [2.45, 2.75) is 20.1 Å². The minimum atomic E-state index is -0.979. The van der Waals surface area contributed by atoms with E-state index in [-0.39, 0.29) is 12.2 Å². The maximum absolute atomic E-state index is 11.1. The lowest BCUT2D eigenvalue weighted by Gasteiger charge is -2.16. The maximum Gasteiger partial charge on any atom is 0.335 e. The Morgan fingerprint density at radius 1 is 1.00 bits per heavy atom. The number of ether oxygens (including phenoxy) is 2. The van der Waals surface area contributed by atoms with E-state index >= 15 is 0 Å². The maximum atomic E-state index is 11.1. The summed E-state index contributed by atoms with van der Waals surface area (Å²) >= 11 is 18.6. The number of carboxylic acid groups (broad SMARTS) is 1. The monoisotopic (exact) mass is 479 g/mol. The summed E-state index contributed by atoms with van der Waals surface area (Å²) in [6.45, 7) is 2.93. The molecule has 0 heterocycles. The average Bonchev–Trinajstić information content (AvgIpc) is 2.73. The zero-order valence-corrected chi connectivity index (χ0v) is 18.9. The van der Waals surface area contributed by atoms with Gasteiger partial charge in [0.05, 0.1) is 17.2 Å². The van der Waals surface area contributed by atoms with Gasteiger partial charge in [0.1, 0.15) is 6.61 Å². The molecule has 0 aromatic heterocycles. The highest BCUT2D eigenvalue weighted by atomic mass is 35.5. The fourth-order valence-corrected chi connectivity index (χ4v) is 3.63. The molecule has 162 valence electrons. The van der Waals surface area contributed by atoms with Gasteiger partial charge in [-0.2, -0.15) is 0 Å². The van der Waals surface area contributed by atoms with Crippen LogP contribution in [0, 0.1) is 0 Å². The Balaban J connectivity index is 1.76. The topological polar surface area (TPSA) is 67.8 Å². The molecule has 0 saturated heterocycles. The van der Waals surface area contributed by atoms with Crippen LogP contribution in [0.3, 0.4) is 0 Å². The molecule has 0 saturated carbocycles. The van der Waals surface area contributed by atoms with Crippen molar-refractivity contribution in [3.63, 3.8) is 0 Å². The second-order valence-electron chi connectivity index (χ2n) is 6.60. The fourth-order valence-electron chi connectivity index (χ4n) is 2.88. The summed E-state index contributed by atoms with van der Waals surface area (Å²) in [5.74, 6) is -0.0463. The Bertz CT molecular complexity index is 1090. The minimum absolute atomic E-state index is 0.204. The van der Waals surface area contributed by atoms with Crippen LogP contribution in [0.2, 0.25) is 15.1 Å². The van der Waals surface area contributed by atoms with Crippen molar-refractivity contribution in [1.82, 2.24) is 0 Å². The lowest BCUT2D eigenvalue weighted by atomic mass is 10.1. The van der Waals surface area contributed by atoms with E-state index in [0.717, 1.165) is 11.1 Å². The van der Waals surface area contributed by atoms with Crippen molar-refractivity contribution >= 4 is 46.5 Å². The predicted molar refractivity (Wildman–Crippen MR) is 124 cm³/mol. The molecule has 0 aliphatic rings. The molecule has 3 rings (SSSR count). The van der Waals surface area contributed by atoms with Gasteiger partial charge < -0.3 is 19.9 Å². The van der Waals surface area contributed by atoms with E-state index in [1.54, 1.807) is 42.5 Å². The van der Waals surface area contributed by atoms with Gasteiger partial charge >= 0.3 is 5.97 Å². The van der Waals surface area contributed by atoms with E-state index in [1.807, 2.05) is 13.0 Å². The molecule has 3 aromatic carbocycles. The Hall–Kier alpha value is -2.60. The number of rotatable bonds is 9. The smallest absolute Gasteiger partial charge is 0.335 e. The average molecular weight is 481 g/mol. The van der Waals surface area contributed by atoms with Crippen molar-refractivity contribution in [3.05, 3.63) is 86.4 Å². The highest BCUT2D eigenvalue weighted by molar-refractivity contribution is 6.35. The summed E-state index contributed by atoms with van der Waals surface area (Å²) in [7, 11) is 0. The molecule has 3 aromatic rings. The van der Waals surface area contributed by atoms with Crippen LogP contribution in [-0.2, 0) is 13.2 Å². The number of benzene rings is 3. The number of anilines is 1. The van der Waals surface area contributed by atoms with Gasteiger partial charge in [-0.05, 0) is 55.0 Å². The molecule has 0 unspecified atom stereocenters. The van der Waals surface area contributed by atoms with Crippen LogP contribution >= 0.6 is 34.8 Å². The largest absolute Gasteiger partial charge is 0.490 e. The van der Waals surface area contributed by atoms with Crippen LogP contribution in [0.25, 0.3) is 0 Å². The number of hydrogen-bond acceptors (Lipinski definition) is 4. The lowest BCUT2D eigenvalue weighted by molar-refractivity contribution is 0.0697. The Morgan fingerprint density at radius 3 is 2.52 bits per heavy atom. The van der Waals surface area contributed by atoms with E-state index < -0.39 is 5.97 Å². The van der Waals surface area contributed by atoms with E-state index in [0.29, 0.717) is 45.4 Å². The minimum Gasteiger partial charge on any atom is -0.490 e. The Labute approximate surface area is 195 Å². The zero-order chi connectivity index (χ0) is 22.4. The third-order valence-corrected chi connectivity index (χ3v) is 5.23. The first-order valence-electron chi connectivity index (χ1n) is 9.46. The molecule has 0 amide bonds. The summed E-state index contributed by atoms with van der Waals surface area (Å²) in [5, 5.41) is 13.8. The normalized spacial score (nSPS) is 10.6. The first-order valence-corrected chi connectivity index (χ1v) is 10.6. The fraction of sp³-hybridized carbons (Fsp3) is 0.174. The highest BCUT2D eigenvalue weighted by Crippen LogP contribution is 2.38. The zero-order valence-electron chi connectivity index (χ0n) is 16.6. The van der Waals surface area contributed by atoms with Crippen molar-refractivity contribution in [1.29, 1.82) is 0 Å². The van der Waals surface area contributed by atoms with Gasteiger partial charge in [0.25, 0.3) is 0 Å². The van der Waals surface area contributed by atoms with Gasteiger partial charge in [0, 0.05) is 27.8 Å². The summed E-state index contributed by atoms with van der Waals surface area (Å²) in [6.07, 6.45) is 0. The van der Waals surface area contributed by atoms with Crippen molar-refractivity contribution in [2.75, 3.05) is 11.9 Å². The summed E-state index contributed by atoms with van der Waals surface area (Å²) in [5.41, 5.74) is 2.52. The third-order valence-electron chi connectivity index (χ3n) is 4.36. The van der Waals surface area contributed by atoms with E-state index in [2.05, 4.69) is 5.32 Å². The number of nitrogens with one attached hydrogen (secondary N) is 1. The first kappa shape index (κ1) is 23.1. The van der Waals surface area contributed by atoms with Crippen molar-refractivity contribution in [2.24, 2.45) is 0 Å². The van der Waals surface area contributed by atoms with Crippen LogP contribution in [-0.4, -0.2) is 17.7 Å². The van der Waals surface area contributed by atoms with Crippen LogP contribution in [0.15, 0.2) is 54.6 Å². The standard InChI is InChI=1S/C23H20Cl3NO4/c1-2-30-21-9-14(12-27-18-5-3-4-15(10-18)23(28)29)8-20(26)22(21)31-13-16-6-7-17(24)11-19(16)25/h3-11,27H,2,12-13H2,1H3,(H,28,29). The number of carboxylic acids is 1. The molecule has 2 N–H and O–H groups in total. The molecular weight excluding hydrogens is 461 g/mol. The second kappa shape index (κ2) is 10.6. The second-order valence-corrected chi connectivity index (χ2v) is 7.85. The van der Waals surface area contributed by atoms with Gasteiger partial charge in [-0.3, -0.25) is 0 Å². The number of carbonyl (C=O) groups is 1. The molecular formula is C23H20Cl3NO4. The van der Waals surface area contributed by atoms with E-state index in [4.69, 9.17) is 49.4 Å². The lowest BCUT2D eigenvalue weighted by Crippen LogP contribution is -2.05. The van der Waals surface area contributed by atoms with E-state index in [9.17, 15) is 4.79 Å². The van der Waals surface area contributed by atoms with Gasteiger partial charge in [-0.25, -0.2) is 4.79 Å². The molecule has 0 fully saturated rings. The van der Waals surface area contributed by atoms with Crippen LogP contribution in [0.5, 0.6) is 11.5 Å². The van der Waals surface area contributed by atoms with Gasteiger partial charge in [0.2, 0.25) is 0 Å². The predicted octanol–water partition coefficient (Wildman–Crippen LogP) is 6.93. The van der Waals surface area contributed by atoms with Gasteiger partial charge in [-0.15, -0.1) is 0 Å². The van der Waals surface area contributed by atoms with Crippen LogP contribution in [0.1, 0.15) is 28.4 Å². The SMILES string of the molecule is CCOc1cc(CNc2cccc(C(=O)O)c2)cc(Cl)c1OCc1ccc(Cl)cc1Cl. The van der Waals surface area contributed by atoms with Gasteiger partial charge in [0.15, 0.2) is 11.5 Å². The molecule has 0 aliphatic carbocycles. The molecule has 0 atom stereocenters. The Morgan fingerprint density at radius 2 is 1.81 bits per heavy atom. The van der Waals surface area contributed by atoms with Crippen LogP contribution < -0.4 is 14.8 Å². The third kappa shape index (κ3) is 6.20. The number of halogens is 3. The van der Waals surface area contributed by atoms with E-state index in [1.165, 1.54) is 6.07 Å². The Kier molecular flexibility index (Phi) is 7.91. The number of hydrogen-bond donors (Lipinski definition) is 2. The molecule has 8 heteroatoms. The molecule has 0 spiro atoms. The molecule has 31 heavy (non-hydrogen) atoms. The summed E-state index contributed by atoms with van der Waals surface area (Å²) in [4.78, 5) is 11.1. The molecule has 5 nitrogen and oxygen atoms in total. The highest BCUT2D eigenvalue weighted by Gasteiger charge is 2.14. The molecule has 0 aliphatic heterocycles.